The van der Waals surface area contributed by atoms with Crippen LogP contribution in [-0.4, -0.2) is 29.9 Å². The largest absolute Gasteiger partial charge is 0.334 e. The van der Waals surface area contributed by atoms with E-state index in [1.54, 1.807) is 17.0 Å². The smallest absolute Gasteiger partial charge is 0.258 e. The van der Waals surface area contributed by atoms with Gasteiger partial charge in [-0.05, 0) is 46.8 Å². The summed E-state index contributed by atoms with van der Waals surface area (Å²) in [6.07, 6.45) is 2.97. The fourth-order valence-corrected chi connectivity index (χ4v) is 3.35. The van der Waals surface area contributed by atoms with Crippen molar-refractivity contribution in [2.45, 2.75) is 32.2 Å². The van der Waals surface area contributed by atoms with Crippen molar-refractivity contribution in [2.24, 2.45) is 11.7 Å². The zero-order valence-electron chi connectivity index (χ0n) is 11.6. The first kappa shape index (κ1) is 15.4. The summed E-state index contributed by atoms with van der Waals surface area (Å²) in [5.74, 6) is -0.144. The Balaban J connectivity index is 2.24. The molecule has 1 aromatic carbocycles. The van der Waals surface area contributed by atoms with Crippen molar-refractivity contribution in [3.8, 4) is 0 Å². The minimum Gasteiger partial charge on any atom is -0.334 e. The lowest BCUT2D eigenvalue weighted by Crippen LogP contribution is -2.49. The highest BCUT2D eigenvalue weighted by atomic mass is 79.9. The first-order chi connectivity index (χ1) is 9.58. The van der Waals surface area contributed by atoms with Gasteiger partial charge in [-0.15, -0.1) is 0 Å². The lowest BCUT2D eigenvalue weighted by Gasteiger charge is -2.39. The molecule has 1 fully saturated rings. The molecule has 2 atom stereocenters. The number of halogens is 2. The molecule has 0 radical (unpaired) electrons. The average Bonchev–Trinajstić information content (AvgIpc) is 2.46. The molecule has 0 saturated carbocycles. The topological polar surface area (TPSA) is 46.3 Å². The standard InChI is InChI=1S/C15H20BrFN2O/c1-2-10-6-7-19(11(8-10)9-18)15(20)14-12(16)4-3-5-13(14)17/h3-5,10-11H,2,6-9,18H2,1H3. The van der Waals surface area contributed by atoms with Gasteiger partial charge in [0, 0.05) is 23.6 Å². The summed E-state index contributed by atoms with van der Waals surface area (Å²) in [7, 11) is 0. The van der Waals surface area contributed by atoms with Crippen LogP contribution in [0.25, 0.3) is 0 Å². The molecule has 1 aliphatic rings. The maximum atomic E-state index is 13.9. The second-order valence-corrected chi connectivity index (χ2v) is 6.14. The maximum Gasteiger partial charge on any atom is 0.258 e. The number of rotatable bonds is 3. The Morgan fingerprint density at radius 3 is 2.90 bits per heavy atom. The molecule has 2 N–H and O–H groups in total. The minimum atomic E-state index is -0.488. The quantitative estimate of drug-likeness (QED) is 0.916. The van der Waals surface area contributed by atoms with Gasteiger partial charge in [0.15, 0.2) is 0 Å². The van der Waals surface area contributed by atoms with Gasteiger partial charge in [0.1, 0.15) is 5.82 Å². The fourth-order valence-electron chi connectivity index (χ4n) is 2.84. The number of carbonyl (C=O) groups is 1. The summed E-state index contributed by atoms with van der Waals surface area (Å²) in [6.45, 7) is 3.23. The van der Waals surface area contributed by atoms with Crippen LogP contribution in [0.4, 0.5) is 4.39 Å². The second kappa shape index (κ2) is 6.68. The van der Waals surface area contributed by atoms with Crippen LogP contribution in [0.1, 0.15) is 36.5 Å². The fraction of sp³-hybridized carbons (Fsp3) is 0.533. The van der Waals surface area contributed by atoms with E-state index in [9.17, 15) is 9.18 Å². The number of carbonyl (C=O) groups excluding carboxylic acids is 1. The summed E-state index contributed by atoms with van der Waals surface area (Å²) >= 11 is 3.26. The van der Waals surface area contributed by atoms with Gasteiger partial charge >= 0.3 is 0 Å². The molecular formula is C15H20BrFN2O. The molecule has 20 heavy (non-hydrogen) atoms. The number of hydrogen-bond acceptors (Lipinski definition) is 2. The van der Waals surface area contributed by atoms with Crippen molar-refractivity contribution in [2.75, 3.05) is 13.1 Å². The Kier molecular flexibility index (Phi) is 5.16. The Morgan fingerprint density at radius 2 is 2.30 bits per heavy atom. The summed E-state index contributed by atoms with van der Waals surface area (Å²) in [5, 5.41) is 0. The van der Waals surface area contributed by atoms with Gasteiger partial charge in [0.25, 0.3) is 5.91 Å². The number of piperidine rings is 1. The van der Waals surface area contributed by atoms with Gasteiger partial charge in [-0.1, -0.05) is 19.4 Å². The number of likely N-dealkylation sites (tertiary alicyclic amines) is 1. The number of hydrogen-bond donors (Lipinski definition) is 1. The molecule has 2 unspecified atom stereocenters. The summed E-state index contributed by atoms with van der Waals surface area (Å²) in [6, 6.07) is 4.59. The third kappa shape index (κ3) is 3.04. The SMILES string of the molecule is CCC1CCN(C(=O)c2c(F)cccc2Br)C(CN)C1. The van der Waals surface area contributed by atoms with E-state index in [2.05, 4.69) is 22.9 Å². The lowest BCUT2D eigenvalue weighted by molar-refractivity contribution is 0.0553. The Hall–Kier alpha value is -0.940. The van der Waals surface area contributed by atoms with Crippen LogP contribution in [0.2, 0.25) is 0 Å². The highest BCUT2D eigenvalue weighted by Gasteiger charge is 2.32. The zero-order chi connectivity index (χ0) is 14.7. The van der Waals surface area contributed by atoms with E-state index in [1.165, 1.54) is 6.07 Å². The highest BCUT2D eigenvalue weighted by Crippen LogP contribution is 2.28. The Labute approximate surface area is 127 Å². The zero-order valence-corrected chi connectivity index (χ0v) is 13.2. The minimum absolute atomic E-state index is 0.00714. The van der Waals surface area contributed by atoms with E-state index in [4.69, 9.17) is 5.73 Å². The molecule has 110 valence electrons. The third-order valence-corrected chi connectivity index (χ3v) is 4.77. The van der Waals surface area contributed by atoms with E-state index in [0.717, 1.165) is 19.3 Å². The molecule has 1 amide bonds. The van der Waals surface area contributed by atoms with Gasteiger partial charge in [0.2, 0.25) is 0 Å². The van der Waals surface area contributed by atoms with Crippen molar-refractivity contribution in [1.82, 2.24) is 4.90 Å². The van der Waals surface area contributed by atoms with Crippen molar-refractivity contribution < 1.29 is 9.18 Å². The third-order valence-electron chi connectivity index (χ3n) is 4.11. The monoisotopic (exact) mass is 342 g/mol. The number of amides is 1. The lowest BCUT2D eigenvalue weighted by atomic mass is 9.88. The van der Waals surface area contributed by atoms with Crippen LogP contribution >= 0.6 is 15.9 Å². The molecule has 0 aliphatic carbocycles. The summed E-state index contributed by atoms with van der Waals surface area (Å²) in [4.78, 5) is 14.3. The molecule has 2 rings (SSSR count). The van der Waals surface area contributed by atoms with Crippen LogP contribution < -0.4 is 5.73 Å². The van der Waals surface area contributed by atoms with Crippen molar-refractivity contribution in [3.05, 3.63) is 34.1 Å². The van der Waals surface area contributed by atoms with Crippen LogP contribution in [-0.2, 0) is 0 Å². The molecule has 1 saturated heterocycles. The maximum absolute atomic E-state index is 13.9. The number of benzene rings is 1. The highest BCUT2D eigenvalue weighted by molar-refractivity contribution is 9.10. The van der Waals surface area contributed by atoms with Crippen molar-refractivity contribution in [1.29, 1.82) is 0 Å². The van der Waals surface area contributed by atoms with E-state index in [0.29, 0.717) is 23.5 Å². The molecule has 1 aromatic rings. The molecule has 1 heterocycles. The van der Waals surface area contributed by atoms with Crippen LogP contribution in [0.15, 0.2) is 22.7 Å². The number of nitrogens with two attached hydrogens (primary N) is 1. The summed E-state index contributed by atoms with van der Waals surface area (Å²) in [5.41, 5.74) is 5.92. The van der Waals surface area contributed by atoms with Crippen LogP contribution in [0.5, 0.6) is 0 Å². The molecule has 3 nitrogen and oxygen atoms in total. The Bertz CT molecular complexity index is 475. The van der Waals surface area contributed by atoms with Crippen molar-refractivity contribution in [3.63, 3.8) is 0 Å². The molecule has 5 heteroatoms. The molecule has 1 aliphatic heterocycles. The Morgan fingerprint density at radius 1 is 1.55 bits per heavy atom. The van der Waals surface area contributed by atoms with E-state index < -0.39 is 5.82 Å². The predicted octanol–water partition coefficient (Wildman–Crippen LogP) is 3.18. The normalized spacial score (nSPS) is 22.9. The van der Waals surface area contributed by atoms with E-state index in [1.807, 2.05) is 0 Å². The van der Waals surface area contributed by atoms with Gasteiger partial charge in [-0.3, -0.25) is 4.79 Å². The molecule has 0 aromatic heterocycles. The molecule has 0 spiro atoms. The van der Waals surface area contributed by atoms with Gasteiger partial charge in [-0.25, -0.2) is 4.39 Å². The predicted molar refractivity (Wildman–Crippen MR) is 81.0 cm³/mol. The van der Waals surface area contributed by atoms with Crippen molar-refractivity contribution >= 4 is 21.8 Å². The molecule has 0 bridgehead atoms. The van der Waals surface area contributed by atoms with Gasteiger partial charge < -0.3 is 10.6 Å². The van der Waals surface area contributed by atoms with Crippen LogP contribution in [0, 0.1) is 11.7 Å². The summed E-state index contributed by atoms with van der Waals surface area (Å²) < 4.78 is 14.4. The second-order valence-electron chi connectivity index (χ2n) is 5.28. The van der Waals surface area contributed by atoms with Gasteiger partial charge in [-0.2, -0.15) is 0 Å². The van der Waals surface area contributed by atoms with E-state index in [-0.39, 0.29) is 17.5 Å². The first-order valence-corrected chi connectivity index (χ1v) is 7.82. The van der Waals surface area contributed by atoms with Gasteiger partial charge in [0.05, 0.1) is 5.56 Å². The average molecular weight is 343 g/mol. The van der Waals surface area contributed by atoms with E-state index >= 15 is 0 Å². The van der Waals surface area contributed by atoms with Crippen LogP contribution in [0.3, 0.4) is 0 Å². The number of nitrogens with zero attached hydrogens (tertiary/aromatic N) is 1. The first-order valence-electron chi connectivity index (χ1n) is 7.03. The molecular weight excluding hydrogens is 323 g/mol.